The molecule has 96 valence electrons. The summed E-state index contributed by atoms with van der Waals surface area (Å²) in [6, 6.07) is 0. The summed E-state index contributed by atoms with van der Waals surface area (Å²) in [5, 5.41) is 0.526. The van der Waals surface area contributed by atoms with Gasteiger partial charge in [0.25, 0.3) is 0 Å². The van der Waals surface area contributed by atoms with E-state index in [-0.39, 0.29) is 0 Å². The Hall–Kier alpha value is 0.355. The van der Waals surface area contributed by atoms with Crippen LogP contribution in [0.1, 0.15) is 66.2 Å². The summed E-state index contributed by atoms with van der Waals surface area (Å²) in [5.41, 5.74) is 0. The van der Waals surface area contributed by atoms with E-state index in [1.807, 2.05) is 0 Å². The molecule has 0 bridgehead atoms. The molecule has 0 aliphatic carbocycles. The topological polar surface area (TPSA) is 0 Å². The Morgan fingerprint density at radius 2 is 1.44 bits per heavy atom. The molecule has 0 aromatic carbocycles. The quantitative estimate of drug-likeness (QED) is 0.279. The van der Waals surface area contributed by atoms with E-state index in [1.54, 1.807) is 0 Å². The van der Waals surface area contributed by atoms with Crippen LogP contribution in [0.15, 0.2) is 0 Å². The van der Waals surface area contributed by atoms with E-state index in [0.29, 0.717) is 5.31 Å². The molecule has 16 heavy (non-hydrogen) atoms. The van der Waals surface area contributed by atoms with Crippen LogP contribution in [0.3, 0.4) is 0 Å². The van der Waals surface area contributed by atoms with E-state index in [0.717, 1.165) is 11.8 Å². The zero-order valence-electron chi connectivity index (χ0n) is 11.8. The molecule has 0 amide bonds. The number of halogens is 1. The molecule has 0 saturated heterocycles. The van der Waals surface area contributed by atoms with Crippen molar-refractivity contribution in [3.05, 3.63) is 0 Å². The fourth-order valence-corrected chi connectivity index (χ4v) is 2.04. The van der Waals surface area contributed by atoms with Crippen molar-refractivity contribution in [2.75, 3.05) is 5.88 Å². The van der Waals surface area contributed by atoms with Gasteiger partial charge in [-0.15, -0.1) is 11.6 Å². The summed E-state index contributed by atoms with van der Waals surface area (Å²) in [7, 11) is 1.38. The van der Waals surface area contributed by atoms with E-state index < -0.39 is 0 Å². The highest BCUT2D eigenvalue weighted by Crippen LogP contribution is 2.34. The van der Waals surface area contributed by atoms with Crippen LogP contribution in [0.25, 0.3) is 0 Å². The van der Waals surface area contributed by atoms with Crippen molar-refractivity contribution in [2.24, 2.45) is 5.92 Å². The van der Waals surface area contributed by atoms with Crippen LogP contribution < -0.4 is 0 Å². The molecule has 0 aliphatic rings. The number of alkyl halides is 1. The summed E-state index contributed by atoms with van der Waals surface area (Å²) < 4.78 is 0. The first kappa shape index (κ1) is 16.4. The Labute approximate surface area is 109 Å². The smallest absolute Gasteiger partial charge is 0.127 e. The molecule has 0 nitrogen and oxygen atoms in total. The maximum absolute atomic E-state index is 5.64. The maximum atomic E-state index is 5.64. The highest BCUT2D eigenvalue weighted by molar-refractivity contribution is 6.39. The van der Waals surface area contributed by atoms with E-state index in [9.17, 15) is 0 Å². The lowest BCUT2D eigenvalue weighted by molar-refractivity contribution is 0.471. The van der Waals surface area contributed by atoms with Crippen LogP contribution in [-0.4, -0.2) is 13.2 Å². The second kappa shape index (κ2) is 9.39. The molecule has 0 rings (SSSR count). The van der Waals surface area contributed by atoms with Crippen molar-refractivity contribution < 1.29 is 0 Å². The minimum absolute atomic E-state index is 0.526. The van der Waals surface area contributed by atoms with Gasteiger partial charge in [-0.3, -0.25) is 0 Å². The van der Waals surface area contributed by atoms with E-state index in [2.05, 4.69) is 27.7 Å². The van der Waals surface area contributed by atoms with Crippen LogP contribution in [0.2, 0.25) is 11.6 Å². The van der Waals surface area contributed by atoms with Gasteiger partial charge in [-0.05, 0) is 12.3 Å². The molecule has 0 atom stereocenters. The summed E-state index contributed by atoms with van der Waals surface area (Å²) in [6.45, 7) is 9.48. The second-order valence-electron chi connectivity index (χ2n) is 6.06. The fourth-order valence-electron chi connectivity index (χ4n) is 1.85. The number of hydrogen-bond acceptors (Lipinski definition) is 0. The molecular weight excluding hydrogens is 214 g/mol. The van der Waals surface area contributed by atoms with Crippen molar-refractivity contribution in [3.8, 4) is 0 Å². The number of unbranched alkanes of at least 4 members (excludes halogenated alkanes) is 5. The standard InChI is InChI=1S/C14H30BCl/c1-13(2)14(3,4)15-11-9-7-5-6-8-10-12-16/h13,15H,5-12H2,1-4H3. The largest absolute Gasteiger partial charge is 0.127 e. The molecule has 2 heteroatoms. The molecule has 0 heterocycles. The minimum Gasteiger partial charge on any atom is -0.127 e. The molecule has 0 radical (unpaired) electrons. The average Bonchev–Trinajstić information content (AvgIpc) is 2.21. The molecule has 0 fully saturated rings. The summed E-state index contributed by atoms with van der Waals surface area (Å²) in [4.78, 5) is 0. The van der Waals surface area contributed by atoms with Crippen molar-refractivity contribution in [3.63, 3.8) is 0 Å². The third-order valence-corrected chi connectivity index (χ3v) is 4.28. The number of hydrogen-bond donors (Lipinski definition) is 0. The zero-order valence-corrected chi connectivity index (χ0v) is 12.6. The third-order valence-electron chi connectivity index (χ3n) is 4.02. The first-order valence-corrected chi connectivity index (χ1v) is 7.60. The zero-order chi connectivity index (χ0) is 12.4. The van der Waals surface area contributed by atoms with Gasteiger partial charge in [0.1, 0.15) is 7.28 Å². The molecule has 0 spiro atoms. The van der Waals surface area contributed by atoms with Crippen molar-refractivity contribution in [1.82, 2.24) is 0 Å². The van der Waals surface area contributed by atoms with E-state index in [4.69, 9.17) is 11.6 Å². The lowest BCUT2D eigenvalue weighted by Gasteiger charge is -2.28. The molecule has 0 N–H and O–H groups in total. The lowest BCUT2D eigenvalue weighted by Crippen LogP contribution is -2.19. The van der Waals surface area contributed by atoms with Gasteiger partial charge in [0, 0.05) is 5.88 Å². The normalized spacial score (nSPS) is 12.1. The molecule has 0 aromatic rings. The van der Waals surface area contributed by atoms with Gasteiger partial charge in [0.2, 0.25) is 0 Å². The highest BCUT2D eigenvalue weighted by atomic mass is 35.5. The summed E-state index contributed by atoms with van der Waals surface area (Å²) in [5.74, 6) is 1.64. The SMILES string of the molecule is CC(C)C(C)(C)BCCCCCCCCCl. The second-order valence-corrected chi connectivity index (χ2v) is 6.44. The van der Waals surface area contributed by atoms with Crippen LogP contribution in [0.5, 0.6) is 0 Å². The molecule has 0 aliphatic heterocycles. The molecule has 0 saturated carbocycles. The van der Waals surface area contributed by atoms with Crippen molar-refractivity contribution in [2.45, 2.75) is 77.9 Å². The Bertz CT molecular complexity index is 155. The van der Waals surface area contributed by atoms with Crippen LogP contribution in [-0.2, 0) is 0 Å². The van der Waals surface area contributed by atoms with Crippen molar-refractivity contribution >= 4 is 18.9 Å². The molecule has 0 unspecified atom stereocenters. The van der Waals surface area contributed by atoms with Crippen molar-refractivity contribution in [1.29, 1.82) is 0 Å². The monoisotopic (exact) mass is 244 g/mol. The van der Waals surface area contributed by atoms with Crippen LogP contribution in [0, 0.1) is 5.92 Å². The van der Waals surface area contributed by atoms with Crippen LogP contribution in [0.4, 0.5) is 0 Å². The van der Waals surface area contributed by atoms with Gasteiger partial charge < -0.3 is 0 Å². The van der Waals surface area contributed by atoms with Gasteiger partial charge in [0.15, 0.2) is 0 Å². The predicted molar refractivity (Wildman–Crippen MR) is 79.3 cm³/mol. The lowest BCUT2D eigenvalue weighted by atomic mass is 9.48. The van der Waals surface area contributed by atoms with Gasteiger partial charge in [-0.1, -0.05) is 71.4 Å². The van der Waals surface area contributed by atoms with E-state index >= 15 is 0 Å². The van der Waals surface area contributed by atoms with Gasteiger partial charge in [-0.2, -0.15) is 0 Å². The predicted octanol–water partition coefficient (Wildman–Crippen LogP) is 5.28. The summed E-state index contributed by atoms with van der Waals surface area (Å²) >= 11 is 5.64. The Morgan fingerprint density at radius 1 is 0.938 bits per heavy atom. The summed E-state index contributed by atoms with van der Waals surface area (Å²) in [6.07, 6.45) is 9.52. The Morgan fingerprint density at radius 3 is 1.94 bits per heavy atom. The van der Waals surface area contributed by atoms with E-state index in [1.165, 1.54) is 52.1 Å². The van der Waals surface area contributed by atoms with Gasteiger partial charge in [-0.25, -0.2) is 0 Å². The number of rotatable bonds is 10. The first-order valence-electron chi connectivity index (χ1n) is 7.06. The molecular formula is C14H30BCl. The maximum Gasteiger partial charge on any atom is 0.127 e. The van der Waals surface area contributed by atoms with Gasteiger partial charge in [0.05, 0.1) is 0 Å². The van der Waals surface area contributed by atoms with Crippen LogP contribution >= 0.6 is 11.6 Å². The molecule has 0 aromatic heterocycles. The Balaban J connectivity index is 3.27. The third kappa shape index (κ3) is 8.50. The van der Waals surface area contributed by atoms with Gasteiger partial charge >= 0.3 is 0 Å². The Kier molecular flexibility index (Phi) is 9.60. The minimum atomic E-state index is 0.526. The highest BCUT2D eigenvalue weighted by Gasteiger charge is 2.22. The average molecular weight is 245 g/mol. The fraction of sp³-hybridized carbons (Fsp3) is 1.00. The first-order chi connectivity index (χ1) is 7.50.